The van der Waals surface area contributed by atoms with Crippen LogP contribution in [0, 0.1) is 0 Å². The number of carbonyl (C=O) groups is 1. The van der Waals surface area contributed by atoms with Gasteiger partial charge in [-0.2, -0.15) is 0 Å². The van der Waals surface area contributed by atoms with Crippen LogP contribution in [0.15, 0.2) is 54.6 Å². The number of amides is 1. The van der Waals surface area contributed by atoms with Gasteiger partial charge >= 0.3 is 0 Å². The van der Waals surface area contributed by atoms with Gasteiger partial charge < -0.3 is 4.74 Å². The van der Waals surface area contributed by atoms with Gasteiger partial charge in [0.2, 0.25) is 5.91 Å². The summed E-state index contributed by atoms with van der Waals surface area (Å²) in [6.07, 6.45) is 0.312. The summed E-state index contributed by atoms with van der Waals surface area (Å²) in [6, 6.07) is 17.6. The lowest BCUT2D eigenvalue weighted by Gasteiger charge is -2.17. The molecule has 2 aromatic rings. The van der Waals surface area contributed by atoms with E-state index in [0.717, 1.165) is 16.9 Å². The Hall–Kier alpha value is -2.33. The van der Waals surface area contributed by atoms with Crippen molar-refractivity contribution < 1.29 is 9.53 Å². The molecule has 0 fully saturated rings. The summed E-state index contributed by atoms with van der Waals surface area (Å²) in [6.45, 7) is 0. The predicted molar refractivity (Wildman–Crippen MR) is 78.2 cm³/mol. The first kappa shape index (κ1) is 14.1. The zero-order chi connectivity index (χ0) is 14.4. The third-order valence-corrected chi connectivity index (χ3v) is 3.27. The van der Waals surface area contributed by atoms with Crippen molar-refractivity contribution in [2.24, 2.45) is 5.84 Å². The molecule has 0 aliphatic rings. The van der Waals surface area contributed by atoms with E-state index in [9.17, 15) is 4.79 Å². The first-order chi connectivity index (χ1) is 9.74. The highest BCUT2D eigenvalue weighted by atomic mass is 16.5. The molecule has 0 bridgehead atoms. The van der Waals surface area contributed by atoms with Crippen LogP contribution in [0.25, 0.3) is 0 Å². The Morgan fingerprint density at radius 3 is 2.25 bits per heavy atom. The summed E-state index contributed by atoms with van der Waals surface area (Å²) in [5.74, 6) is 5.79. The normalized spacial score (nSPS) is 11.7. The van der Waals surface area contributed by atoms with Gasteiger partial charge in [-0.15, -0.1) is 0 Å². The van der Waals surface area contributed by atoms with Crippen molar-refractivity contribution in [3.63, 3.8) is 0 Å². The van der Waals surface area contributed by atoms with Crippen molar-refractivity contribution in [3.8, 4) is 5.75 Å². The maximum atomic E-state index is 11.6. The highest BCUT2D eigenvalue weighted by molar-refractivity contribution is 5.76. The highest BCUT2D eigenvalue weighted by Crippen LogP contribution is 2.29. The molecule has 0 aliphatic carbocycles. The van der Waals surface area contributed by atoms with Crippen LogP contribution in [0.5, 0.6) is 5.75 Å². The largest absolute Gasteiger partial charge is 0.497 e. The maximum Gasteiger partial charge on any atom is 0.234 e. The fourth-order valence-corrected chi connectivity index (χ4v) is 2.19. The molecule has 4 nitrogen and oxygen atoms in total. The third-order valence-electron chi connectivity index (χ3n) is 3.27. The second kappa shape index (κ2) is 6.73. The first-order valence-corrected chi connectivity index (χ1v) is 6.43. The van der Waals surface area contributed by atoms with E-state index in [1.165, 1.54) is 0 Å². The molecule has 0 saturated heterocycles. The molecule has 0 saturated carbocycles. The Morgan fingerprint density at radius 2 is 1.70 bits per heavy atom. The van der Waals surface area contributed by atoms with Crippen molar-refractivity contribution in [1.82, 2.24) is 5.43 Å². The smallest absolute Gasteiger partial charge is 0.234 e. The summed E-state index contributed by atoms with van der Waals surface area (Å²) in [5.41, 5.74) is 4.33. The number of hydrogen-bond acceptors (Lipinski definition) is 3. The van der Waals surface area contributed by atoms with Crippen molar-refractivity contribution in [2.45, 2.75) is 12.3 Å². The summed E-state index contributed by atoms with van der Waals surface area (Å²) in [5, 5.41) is 0. The lowest BCUT2D eigenvalue weighted by molar-refractivity contribution is -0.121. The molecule has 20 heavy (non-hydrogen) atoms. The van der Waals surface area contributed by atoms with Gasteiger partial charge in [0.15, 0.2) is 0 Å². The number of hydrazine groups is 1. The van der Waals surface area contributed by atoms with Gasteiger partial charge in [-0.25, -0.2) is 5.84 Å². The quantitative estimate of drug-likeness (QED) is 0.497. The average molecular weight is 270 g/mol. The van der Waals surface area contributed by atoms with Crippen LogP contribution >= 0.6 is 0 Å². The monoisotopic (exact) mass is 270 g/mol. The van der Waals surface area contributed by atoms with Crippen LogP contribution in [0.4, 0.5) is 0 Å². The van der Waals surface area contributed by atoms with E-state index < -0.39 is 0 Å². The van der Waals surface area contributed by atoms with E-state index in [0.29, 0.717) is 6.42 Å². The van der Waals surface area contributed by atoms with Crippen LogP contribution < -0.4 is 16.0 Å². The Labute approximate surface area is 118 Å². The van der Waals surface area contributed by atoms with Crippen LogP contribution in [0.1, 0.15) is 23.5 Å². The Balaban J connectivity index is 2.32. The van der Waals surface area contributed by atoms with Crippen molar-refractivity contribution in [2.75, 3.05) is 7.11 Å². The molecule has 2 aromatic carbocycles. The third kappa shape index (κ3) is 3.36. The fraction of sp³-hybridized carbons (Fsp3) is 0.188. The summed E-state index contributed by atoms with van der Waals surface area (Å²) in [7, 11) is 1.63. The van der Waals surface area contributed by atoms with Crippen molar-refractivity contribution >= 4 is 5.91 Å². The second-order valence-electron chi connectivity index (χ2n) is 4.51. The standard InChI is InChI=1S/C16H18N2O2/c1-20-14-9-7-13(8-10-14)15(11-16(19)18-17)12-5-3-2-4-6-12/h2-10,15H,11,17H2,1H3,(H,18,19). The summed E-state index contributed by atoms with van der Waals surface area (Å²) < 4.78 is 5.16. The molecule has 0 spiro atoms. The van der Waals surface area contributed by atoms with E-state index in [4.69, 9.17) is 10.6 Å². The number of nitrogens with one attached hydrogen (secondary N) is 1. The molecular formula is C16H18N2O2. The van der Waals surface area contributed by atoms with Crippen molar-refractivity contribution in [3.05, 3.63) is 65.7 Å². The van der Waals surface area contributed by atoms with Gasteiger partial charge in [0.25, 0.3) is 0 Å². The molecular weight excluding hydrogens is 252 g/mol. The molecule has 0 heterocycles. The molecule has 0 aliphatic heterocycles. The molecule has 1 amide bonds. The van der Waals surface area contributed by atoms with Gasteiger partial charge in [-0.3, -0.25) is 10.2 Å². The minimum absolute atomic E-state index is 0.0225. The van der Waals surface area contributed by atoms with Crippen LogP contribution in [-0.4, -0.2) is 13.0 Å². The minimum Gasteiger partial charge on any atom is -0.497 e. The van der Waals surface area contributed by atoms with Gasteiger partial charge in [-0.05, 0) is 23.3 Å². The van der Waals surface area contributed by atoms with Crippen LogP contribution in [0.3, 0.4) is 0 Å². The topological polar surface area (TPSA) is 64.3 Å². The van der Waals surface area contributed by atoms with E-state index in [1.807, 2.05) is 54.6 Å². The maximum absolute atomic E-state index is 11.6. The van der Waals surface area contributed by atoms with E-state index in [2.05, 4.69) is 5.43 Å². The molecule has 2 rings (SSSR count). The minimum atomic E-state index is -0.185. The average Bonchev–Trinajstić information content (AvgIpc) is 2.53. The molecule has 104 valence electrons. The molecule has 4 heteroatoms. The van der Waals surface area contributed by atoms with E-state index in [1.54, 1.807) is 7.11 Å². The van der Waals surface area contributed by atoms with E-state index in [-0.39, 0.29) is 11.8 Å². The fourth-order valence-electron chi connectivity index (χ4n) is 2.19. The summed E-state index contributed by atoms with van der Waals surface area (Å²) in [4.78, 5) is 11.6. The van der Waals surface area contributed by atoms with Gasteiger partial charge in [0, 0.05) is 12.3 Å². The highest BCUT2D eigenvalue weighted by Gasteiger charge is 2.17. The molecule has 1 atom stereocenters. The summed E-state index contributed by atoms with van der Waals surface area (Å²) >= 11 is 0. The lowest BCUT2D eigenvalue weighted by Crippen LogP contribution is -2.31. The zero-order valence-corrected chi connectivity index (χ0v) is 11.4. The Morgan fingerprint density at radius 1 is 1.10 bits per heavy atom. The number of benzene rings is 2. The number of rotatable bonds is 5. The number of methoxy groups -OCH3 is 1. The van der Waals surface area contributed by atoms with Crippen molar-refractivity contribution in [1.29, 1.82) is 0 Å². The number of carbonyl (C=O) groups excluding carboxylic acids is 1. The predicted octanol–water partition coefficient (Wildman–Crippen LogP) is 2.21. The first-order valence-electron chi connectivity index (χ1n) is 6.43. The van der Waals surface area contributed by atoms with Crippen LogP contribution in [0.2, 0.25) is 0 Å². The molecule has 1 unspecified atom stereocenters. The molecule has 0 aromatic heterocycles. The number of ether oxygens (including phenoxy) is 1. The van der Waals surface area contributed by atoms with Gasteiger partial charge in [-0.1, -0.05) is 42.5 Å². The van der Waals surface area contributed by atoms with Gasteiger partial charge in [0.05, 0.1) is 7.11 Å². The second-order valence-corrected chi connectivity index (χ2v) is 4.51. The van der Waals surface area contributed by atoms with E-state index >= 15 is 0 Å². The van der Waals surface area contributed by atoms with Crippen LogP contribution in [-0.2, 0) is 4.79 Å². The molecule has 0 radical (unpaired) electrons. The van der Waals surface area contributed by atoms with Gasteiger partial charge in [0.1, 0.15) is 5.75 Å². The Bertz CT molecular complexity index is 552. The SMILES string of the molecule is COc1ccc(C(CC(=O)NN)c2ccccc2)cc1. The number of hydrogen-bond donors (Lipinski definition) is 2. The Kier molecular flexibility index (Phi) is 4.74. The lowest BCUT2D eigenvalue weighted by atomic mass is 9.88. The molecule has 3 N–H and O–H groups in total. The number of nitrogens with two attached hydrogens (primary N) is 1. The zero-order valence-electron chi connectivity index (χ0n) is 11.4.